The van der Waals surface area contributed by atoms with E-state index in [1.165, 1.54) is 5.57 Å². The molecule has 0 aromatic rings. The Bertz CT molecular complexity index is 1020. The first-order valence-electron chi connectivity index (χ1n) is 15.0. The summed E-state index contributed by atoms with van der Waals surface area (Å²) in [5.41, 5.74) is 1.97. The summed E-state index contributed by atoms with van der Waals surface area (Å²) >= 11 is 0. The highest BCUT2D eigenvalue weighted by Gasteiger charge is 2.68. The topological polar surface area (TPSA) is 95.5 Å². The second-order valence-corrected chi connectivity index (χ2v) is 15.1. The van der Waals surface area contributed by atoms with Gasteiger partial charge in [0.2, 0.25) is 11.8 Å². The summed E-state index contributed by atoms with van der Waals surface area (Å²) in [5.74, 6) is 0.345. The van der Waals surface area contributed by atoms with Gasteiger partial charge in [0.05, 0.1) is 0 Å². The molecule has 8 atom stereocenters. The average molecular weight is 529 g/mol. The molecule has 2 amide bonds. The zero-order valence-electron chi connectivity index (χ0n) is 25.1. The van der Waals surface area contributed by atoms with E-state index in [0.29, 0.717) is 12.3 Å². The molecule has 0 aromatic carbocycles. The molecule has 6 nitrogen and oxygen atoms in total. The fourth-order valence-corrected chi connectivity index (χ4v) is 10.4. The van der Waals surface area contributed by atoms with Gasteiger partial charge in [0.15, 0.2) is 5.78 Å². The summed E-state index contributed by atoms with van der Waals surface area (Å²) in [6.07, 6.45) is 11.4. The predicted octanol–water partition coefficient (Wildman–Crippen LogP) is 6.37. The number of rotatable bonds is 2. The first-order chi connectivity index (χ1) is 17.6. The standard InChI is InChI=1S/C32H52N2O4/c1-20-19-29(5,27(37)34-38)14-10-9-11-15-31(7)22(20)18-23(36)26-30(6)16-13-25(33-21(2)35)28(3,4)24(30)12-17-32(26,31)8/h18,20,24-26,38H,9-17,19H2,1-8H3,(H,33,35)(H,34,37). The Morgan fingerprint density at radius 1 is 0.947 bits per heavy atom. The van der Waals surface area contributed by atoms with Gasteiger partial charge in [-0.25, -0.2) is 5.48 Å². The van der Waals surface area contributed by atoms with Crippen molar-refractivity contribution in [1.29, 1.82) is 0 Å². The molecule has 4 rings (SSSR count). The highest BCUT2D eigenvalue weighted by Crippen LogP contribution is 2.72. The van der Waals surface area contributed by atoms with Gasteiger partial charge in [-0.15, -0.1) is 0 Å². The van der Waals surface area contributed by atoms with E-state index in [4.69, 9.17) is 0 Å². The van der Waals surface area contributed by atoms with Crippen LogP contribution in [-0.4, -0.2) is 28.8 Å². The summed E-state index contributed by atoms with van der Waals surface area (Å²) in [7, 11) is 0. The molecule has 6 heteroatoms. The summed E-state index contributed by atoms with van der Waals surface area (Å²) in [6, 6.07) is 0.131. The first-order valence-corrected chi connectivity index (χ1v) is 15.0. The molecule has 0 spiro atoms. The van der Waals surface area contributed by atoms with Crippen LogP contribution in [0.3, 0.4) is 0 Å². The number of amides is 2. The van der Waals surface area contributed by atoms with Gasteiger partial charge in [-0.1, -0.05) is 73.3 Å². The van der Waals surface area contributed by atoms with Crippen LogP contribution in [-0.2, 0) is 14.4 Å². The molecule has 3 saturated carbocycles. The van der Waals surface area contributed by atoms with E-state index in [1.54, 1.807) is 6.92 Å². The van der Waals surface area contributed by atoms with E-state index in [0.717, 1.165) is 57.8 Å². The van der Waals surface area contributed by atoms with E-state index in [2.05, 4.69) is 46.9 Å². The molecule has 3 N–H and O–H groups in total. The molecule has 214 valence electrons. The van der Waals surface area contributed by atoms with Crippen LogP contribution in [0.5, 0.6) is 0 Å². The highest BCUT2D eigenvalue weighted by molar-refractivity contribution is 5.95. The Balaban J connectivity index is 1.78. The number of hydrogen-bond donors (Lipinski definition) is 3. The Hall–Kier alpha value is -1.69. The van der Waals surface area contributed by atoms with Crippen molar-refractivity contribution in [2.24, 2.45) is 44.8 Å². The van der Waals surface area contributed by atoms with Crippen LogP contribution < -0.4 is 10.8 Å². The van der Waals surface area contributed by atoms with Crippen molar-refractivity contribution in [3.63, 3.8) is 0 Å². The van der Waals surface area contributed by atoms with Gasteiger partial charge >= 0.3 is 0 Å². The summed E-state index contributed by atoms with van der Waals surface area (Å²) in [6.45, 7) is 17.5. The fraction of sp³-hybridized carbons (Fsp3) is 0.844. The Morgan fingerprint density at radius 3 is 2.24 bits per heavy atom. The molecular weight excluding hydrogens is 476 g/mol. The minimum absolute atomic E-state index is 0.0264. The molecule has 4 aliphatic carbocycles. The molecule has 0 radical (unpaired) electrons. The number of carbonyl (C=O) groups is 3. The monoisotopic (exact) mass is 528 g/mol. The third-order valence-electron chi connectivity index (χ3n) is 12.5. The van der Waals surface area contributed by atoms with E-state index in [-0.39, 0.29) is 57.1 Å². The van der Waals surface area contributed by atoms with Crippen LogP contribution in [0.1, 0.15) is 120 Å². The normalized spacial score (nSPS) is 45.0. The van der Waals surface area contributed by atoms with Crippen LogP contribution in [0.25, 0.3) is 0 Å². The first kappa shape index (κ1) is 29.3. The maximum atomic E-state index is 14.3. The summed E-state index contributed by atoms with van der Waals surface area (Å²) in [5, 5.41) is 12.7. The fourth-order valence-electron chi connectivity index (χ4n) is 10.4. The van der Waals surface area contributed by atoms with Crippen LogP contribution in [0.4, 0.5) is 0 Å². The molecule has 0 aromatic heterocycles. The number of ketones is 1. The Labute approximate surface area is 230 Å². The third kappa shape index (κ3) is 4.28. The van der Waals surface area contributed by atoms with Gasteiger partial charge in [0.1, 0.15) is 0 Å². The third-order valence-corrected chi connectivity index (χ3v) is 12.5. The molecule has 3 fully saturated rings. The zero-order valence-corrected chi connectivity index (χ0v) is 25.1. The van der Waals surface area contributed by atoms with Crippen molar-refractivity contribution in [3.05, 3.63) is 11.6 Å². The van der Waals surface area contributed by atoms with Gasteiger partial charge in [-0.2, -0.15) is 0 Å². The lowest BCUT2D eigenvalue weighted by Crippen LogP contribution is -2.66. The number of hydroxylamine groups is 1. The SMILES string of the molecule is CC(=O)NC1CCC2(C)C(CCC3(C)C2C(=O)C=C2C(C)CC(C)(C(=O)NO)CCCCCC23C)C1(C)C. The number of fused-ring (bicyclic) bond motifs is 5. The van der Waals surface area contributed by atoms with Crippen molar-refractivity contribution in [3.8, 4) is 0 Å². The van der Waals surface area contributed by atoms with E-state index < -0.39 is 5.41 Å². The molecule has 8 unspecified atom stereocenters. The van der Waals surface area contributed by atoms with Gasteiger partial charge < -0.3 is 5.32 Å². The van der Waals surface area contributed by atoms with Crippen LogP contribution in [0.2, 0.25) is 0 Å². The molecule has 4 aliphatic rings. The summed E-state index contributed by atoms with van der Waals surface area (Å²) in [4.78, 5) is 39.1. The predicted molar refractivity (Wildman–Crippen MR) is 149 cm³/mol. The molecule has 38 heavy (non-hydrogen) atoms. The lowest BCUT2D eigenvalue weighted by molar-refractivity contribution is -0.183. The van der Waals surface area contributed by atoms with Gasteiger partial charge in [-0.3, -0.25) is 19.6 Å². The molecule has 0 aliphatic heterocycles. The molecule has 0 heterocycles. The Kier molecular flexibility index (Phi) is 7.51. The summed E-state index contributed by atoms with van der Waals surface area (Å²) < 4.78 is 0. The highest BCUT2D eigenvalue weighted by atomic mass is 16.5. The van der Waals surface area contributed by atoms with Crippen LogP contribution in [0.15, 0.2) is 11.6 Å². The van der Waals surface area contributed by atoms with Crippen molar-refractivity contribution in [2.75, 3.05) is 0 Å². The van der Waals surface area contributed by atoms with E-state index >= 15 is 0 Å². The molecule has 0 saturated heterocycles. The number of allylic oxidation sites excluding steroid dienone is 2. The van der Waals surface area contributed by atoms with Crippen molar-refractivity contribution >= 4 is 17.6 Å². The van der Waals surface area contributed by atoms with Crippen molar-refractivity contribution in [2.45, 2.75) is 126 Å². The minimum Gasteiger partial charge on any atom is -0.353 e. The average Bonchev–Trinajstić information content (AvgIpc) is 2.81. The van der Waals surface area contributed by atoms with E-state index in [9.17, 15) is 19.6 Å². The van der Waals surface area contributed by atoms with Crippen LogP contribution in [0, 0.1) is 44.8 Å². The van der Waals surface area contributed by atoms with E-state index in [1.807, 2.05) is 18.5 Å². The lowest BCUT2D eigenvalue weighted by atomic mass is 9.35. The maximum absolute atomic E-state index is 14.3. The maximum Gasteiger partial charge on any atom is 0.249 e. The quantitative estimate of drug-likeness (QED) is 0.287. The van der Waals surface area contributed by atoms with Gasteiger partial charge in [0.25, 0.3) is 0 Å². The minimum atomic E-state index is -0.663. The molecular formula is C32H52N2O4. The second-order valence-electron chi connectivity index (χ2n) is 15.1. The van der Waals surface area contributed by atoms with Gasteiger partial charge in [-0.05, 0) is 84.5 Å². The smallest absolute Gasteiger partial charge is 0.249 e. The van der Waals surface area contributed by atoms with Crippen LogP contribution >= 0.6 is 0 Å². The number of nitrogens with one attached hydrogen (secondary N) is 2. The van der Waals surface area contributed by atoms with Crippen molar-refractivity contribution < 1.29 is 19.6 Å². The zero-order chi connectivity index (χ0) is 28.3. The molecule has 0 bridgehead atoms. The largest absolute Gasteiger partial charge is 0.353 e. The lowest BCUT2D eigenvalue weighted by Gasteiger charge is -2.68. The Morgan fingerprint density at radius 2 is 1.61 bits per heavy atom. The van der Waals surface area contributed by atoms with Crippen molar-refractivity contribution in [1.82, 2.24) is 10.8 Å². The van der Waals surface area contributed by atoms with Gasteiger partial charge in [0, 0.05) is 24.3 Å². The number of carbonyl (C=O) groups excluding carboxylic acids is 3. The number of hydrogen-bond acceptors (Lipinski definition) is 4. The second kappa shape index (κ2) is 9.74.